The van der Waals surface area contributed by atoms with Crippen LogP contribution in [0.15, 0.2) is 27.5 Å². The second kappa shape index (κ2) is 5.61. The largest absolute Gasteiger partial charge is 0.311 e. The first-order valence-corrected chi connectivity index (χ1v) is 6.56. The molecule has 3 nitrogen and oxygen atoms in total. The van der Waals surface area contributed by atoms with Gasteiger partial charge in [-0.25, -0.2) is 13.8 Å². The molecular formula is C13H11BrF2N2O. The zero-order valence-electron chi connectivity index (χ0n) is 10.1. The molecule has 0 unspecified atom stereocenters. The maximum absolute atomic E-state index is 14.0. The summed E-state index contributed by atoms with van der Waals surface area (Å²) < 4.78 is 27.8. The number of aryl methyl sites for hydroxylation is 1. The van der Waals surface area contributed by atoms with Crippen molar-refractivity contribution in [2.75, 3.05) is 0 Å². The normalized spacial score (nSPS) is 10.7. The summed E-state index contributed by atoms with van der Waals surface area (Å²) in [6.07, 6.45) is 1.32. The van der Waals surface area contributed by atoms with Crippen LogP contribution < -0.4 is 5.56 Å². The molecule has 1 N–H and O–H groups in total. The Morgan fingerprint density at radius 1 is 1.37 bits per heavy atom. The van der Waals surface area contributed by atoms with Crippen LogP contribution in [0.3, 0.4) is 0 Å². The maximum Gasteiger partial charge on any atom is 0.251 e. The van der Waals surface area contributed by atoms with Crippen LogP contribution in [-0.4, -0.2) is 9.97 Å². The summed E-state index contributed by atoms with van der Waals surface area (Å²) in [7, 11) is 0. The Hall–Kier alpha value is -1.56. The number of rotatable bonds is 3. The molecule has 0 saturated carbocycles. The molecule has 1 heterocycles. The van der Waals surface area contributed by atoms with Gasteiger partial charge in [-0.3, -0.25) is 4.79 Å². The van der Waals surface area contributed by atoms with Gasteiger partial charge < -0.3 is 4.98 Å². The van der Waals surface area contributed by atoms with Gasteiger partial charge in [0.1, 0.15) is 17.5 Å². The third-order valence-corrected chi connectivity index (χ3v) is 3.19. The zero-order chi connectivity index (χ0) is 14.0. The lowest BCUT2D eigenvalue weighted by Gasteiger charge is -2.07. The highest BCUT2D eigenvalue weighted by Gasteiger charge is 2.16. The lowest BCUT2D eigenvalue weighted by Crippen LogP contribution is -2.12. The molecule has 2 rings (SSSR count). The third kappa shape index (κ3) is 2.89. The van der Waals surface area contributed by atoms with E-state index >= 15 is 0 Å². The number of H-pyrrole nitrogens is 1. The monoisotopic (exact) mass is 328 g/mol. The summed E-state index contributed by atoms with van der Waals surface area (Å²) in [4.78, 5) is 18.2. The van der Waals surface area contributed by atoms with Crippen LogP contribution in [0.5, 0.6) is 0 Å². The standard InChI is InChI=1S/C13H11BrF2N2O/c1-2-3-10-17-9(6-11(19)18-10)12-8(15)5-4-7(14)13(12)16/h4-6H,2-3H2,1H3,(H,17,18,19). The number of hydrogen-bond acceptors (Lipinski definition) is 2. The fourth-order valence-electron chi connectivity index (χ4n) is 1.75. The molecule has 0 bridgehead atoms. The van der Waals surface area contributed by atoms with E-state index < -0.39 is 17.2 Å². The molecule has 19 heavy (non-hydrogen) atoms. The molecule has 0 aliphatic carbocycles. The zero-order valence-corrected chi connectivity index (χ0v) is 11.7. The van der Waals surface area contributed by atoms with E-state index in [1.807, 2.05) is 6.92 Å². The number of nitrogens with zero attached hydrogens (tertiary/aromatic N) is 1. The molecule has 1 aromatic heterocycles. The van der Waals surface area contributed by atoms with E-state index in [0.717, 1.165) is 18.6 Å². The summed E-state index contributed by atoms with van der Waals surface area (Å²) in [6, 6.07) is 3.49. The van der Waals surface area contributed by atoms with E-state index in [1.54, 1.807) is 0 Å². The summed E-state index contributed by atoms with van der Waals surface area (Å²) in [6.45, 7) is 1.92. The molecule has 0 atom stereocenters. The van der Waals surface area contributed by atoms with Crippen molar-refractivity contribution in [3.8, 4) is 11.3 Å². The predicted molar refractivity (Wildman–Crippen MR) is 71.9 cm³/mol. The molecule has 6 heteroatoms. The molecule has 0 radical (unpaired) electrons. The highest BCUT2D eigenvalue weighted by atomic mass is 79.9. The maximum atomic E-state index is 14.0. The van der Waals surface area contributed by atoms with E-state index in [1.165, 1.54) is 6.07 Å². The number of benzene rings is 1. The molecule has 0 fully saturated rings. The summed E-state index contributed by atoms with van der Waals surface area (Å²) in [5.74, 6) is -1.09. The molecule has 0 spiro atoms. The summed E-state index contributed by atoms with van der Waals surface area (Å²) >= 11 is 2.99. The van der Waals surface area contributed by atoms with Crippen LogP contribution in [0.2, 0.25) is 0 Å². The van der Waals surface area contributed by atoms with E-state index in [2.05, 4.69) is 25.9 Å². The molecule has 1 aromatic carbocycles. The van der Waals surface area contributed by atoms with Crippen molar-refractivity contribution in [1.29, 1.82) is 0 Å². The van der Waals surface area contributed by atoms with Gasteiger partial charge in [-0.2, -0.15) is 0 Å². The Balaban J connectivity index is 2.65. The SMILES string of the molecule is CCCc1nc(-c2c(F)ccc(Br)c2F)cc(=O)[nH]1. The first kappa shape index (κ1) is 13.9. The van der Waals surface area contributed by atoms with E-state index in [9.17, 15) is 13.6 Å². The second-order valence-electron chi connectivity index (χ2n) is 4.05. The summed E-state index contributed by atoms with van der Waals surface area (Å²) in [5.41, 5.74) is -0.714. The van der Waals surface area contributed by atoms with Crippen LogP contribution in [0.4, 0.5) is 8.78 Å². The van der Waals surface area contributed by atoms with E-state index in [0.29, 0.717) is 12.2 Å². The van der Waals surface area contributed by atoms with Crippen LogP contribution in [0.1, 0.15) is 19.2 Å². The van der Waals surface area contributed by atoms with Gasteiger partial charge in [0, 0.05) is 12.5 Å². The molecule has 0 saturated heterocycles. The second-order valence-corrected chi connectivity index (χ2v) is 4.90. The van der Waals surface area contributed by atoms with Gasteiger partial charge >= 0.3 is 0 Å². The highest BCUT2D eigenvalue weighted by molar-refractivity contribution is 9.10. The number of hydrogen-bond donors (Lipinski definition) is 1. The third-order valence-electron chi connectivity index (χ3n) is 2.58. The van der Waals surface area contributed by atoms with Gasteiger partial charge in [0.05, 0.1) is 15.7 Å². The van der Waals surface area contributed by atoms with Crippen molar-refractivity contribution < 1.29 is 8.78 Å². The van der Waals surface area contributed by atoms with Crippen LogP contribution in [-0.2, 0) is 6.42 Å². The Morgan fingerprint density at radius 3 is 2.79 bits per heavy atom. The molecule has 2 aromatic rings. The molecular weight excluding hydrogens is 318 g/mol. The van der Waals surface area contributed by atoms with Gasteiger partial charge in [0.25, 0.3) is 5.56 Å². The van der Waals surface area contributed by atoms with Gasteiger partial charge in [-0.05, 0) is 34.5 Å². The number of aromatic nitrogens is 2. The average Bonchev–Trinajstić information content (AvgIpc) is 2.34. The highest BCUT2D eigenvalue weighted by Crippen LogP contribution is 2.28. The molecule has 0 aliphatic heterocycles. The summed E-state index contributed by atoms with van der Waals surface area (Å²) in [5, 5.41) is 0. The quantitative estimate of drug-likeness (QED) is 0.877. The average molecular weight is 329 g/mol. The van der Waals surface area contributed by atoms with Crippen molar-refractivity contribution in [1.82, 2.24) is 9.97 Å². The van der Waals surface area contributed by atoms with Gasteiger partial charge in [-0.1, -0.05) is 6.92 Å². The topological polar surface area (TPSA) is 45.8 Å². The number of nitrogens with one attached hydrogen (secondary N) is 1. The fourth-order valence-corrected chi connectivity index (χ4v) is 2.08. The van der Waals surface area contributed by atoms with Crippen molar-refractivity contribution >= 4 is 15.9 Å². The Kier molecular flexibility index (Phi) is 4.09. The fraction of sp³-hybridized carbons (Fsp3) is 0.231. The lowest BCUT2D eigenvalue weighted by molar-refractivity contribution is 0.584. The van der Waals surface area contributed by atoms with E-state index in [-0.39, 0.29) is 15.7 Å². The lowest BCUT2D eigenvalue weighted by atomic mass is 10.1. The minimum atomic E-state index is -0.763. The van der Waals surface area contributed by atoms with Crippen molar-refractivity contribution in [2.45, 2.75) is 19.8 Å². The van der Waals surface area contributed by atoms with Gasteiger partial charge in [-0.15, -0.1) is 0 Å². The van der Waals surface area contributed by atoms with Crippen LogP contribution in [0, 0.1) is 11.6 Å². The van der Waals surface area contributed by atoms with Crippen LogP contribution in [0.25, 0.3) is 11.3 Å². The van der Waals surface area contributed by atoms with Gasteiger partial charge in [0.15, 0.2) is 0 Å². The van der Waals surface area contributed by atoms with Crippen molar-refractivity contribution in [3.05, 3.63) is 50.5 Å². The first-order valence-electron chi connectivity index (χ1n) is 5.77. The minimum Gasteiger partial charge on any atom is -0.311 e. The molecule has 0 amide bonds. The van der Waals surface area contributed by atoms with Gasteiger partial charge in [0.2, 0.25) is 0 Å². The Bertz CT molecular complexity index is 670. The van der Waals surface area contributed by atoms with Crippen molar-refractivity contribution in [3.63, 3.8) is 0 Å². The first-order chi connectivity index (χ1) is 9.02. The smallest absolute Gasteiger partial charge is 0.251 e. The Labute approximate surface area is 116 Å². The predicted octanol–water partition coefficient (Wildman–Crippen LogP) is 3.43. The van der Waals surface area contributed by atoms with Crippen molar-refractivity contribution in [2.24, 2.45) is 0 Å². The number of halogens is 3. The van der Waals surface area contributed by atoms with E-state index in [4.69, 9.17) is 0 Å². The molecule has 0 aliphatic rings. The minimum absolute atomic E-state index is 0.00324. The number of aromatic amines is 1. The van der Waals surface area contributed by atoms with Crippen LogP contribution >= 0.6 is 15.9 Å². The molecule has 100 valence electrons. The Morgan fingerprint density at radius 2 is 2.11 bits per heavy atom.